The van der Waals surface area contributed by atoms with Crippen molar-refractivity contribution in [3.05, 3.63) is 68.9 Å². The van der Waals surface area contributed by atoms with Crippen LogP contribution in [0.25, 0.3) is 0 Å². The number of hydrogen-bond donors (Lipinski definition) is 1. The van der Waals surface area contributed by atoms with Gasteiger partial charge in [-0.2, -0.15) is 0 Å². The Labute approximate surface area is 112 Å². The molecule has 2 aromatic rings. The van der Waals surface area contributed by atoms with Crippen LogP contribution in [0.3, 0.4) is 0 Å². The Balaban J connectivity index is 2.44. The summed E-state index contributed by atoms with van der Waals surface area (Å²) >= 11 is 9.02. The quantitative estimate of drug-likeness (QED) is 0.818. The maximum Gasteiger partial charge on any atom is 0.130 e. The fraction of sp³-hybridized carbons (Fsp3) is 0.0769. The summed E-state index contributed by atoms with van der Waals surface area (Å²) in [5.41, 5.74) is 0.800. The first-order chi connectivity index (χ1) is 8.09. The van der Waals surface area contributed by atoms with Crippen molar-refractivity contribution in [1.29, 1.82) is 0 Å². The summed E-state index contributed by atoms with van der Waals surface area (Å²) in [4.78, 5) is 0. The van der Waals surface area contributed by atoms with Gasteiger partial charge in [0.05, 0.1) is 5.02 Å². The van der Waals surface area contributed by atoms with Crippen LogP contribution in [0.15, 0.2) is 46.9 Å². The predicted molar refractivity (Wildman–Crippen MR) is 69.6 cm³/mol. The first kappa shape index (κ1) is 12.6. The molecule has 1 unspecified atom stereocenters. The van der Waals surface area contributed by atoms with E-state index in [0.717, 1.165) is 0 Å². The largest absolute Gasteiger partial charge is 0.384 e. The zero-order valence-corrected chi connectivity index (χ0v) is 11.0. The smallest absolute Gasteiger partial charge is 0.130 e. The molecule has 0 spiro atoms. The third-order valence-corrected chi connectivity index (χ3v) is 3.65. The third kappa shape index (κ3) is 2.68. The summed E-state index contributed by atoms with van der Waals surface area (Å²) in [6.07, 6.45) is -1.01. The summed E-state index contributed by atoms with van der Waals surface area (Å²) < 4.78 is 14.2. The Morgan fingerprint density at radius 2 is 1.82 bits per heavy atom. The molecule has 1 atom stereocenters. The maximum absolute atomic E-state index is 13.7. The van der Waals surface area contributed by atoms with E-state index in [-0.39, 0.29) is 5.56 Å². The van der Waals surface area contributed by atoms with E-state index < -0.39 is 11.9 Å². The summed E-state index contributed by atoms with van der Waals surface area (Å²) in [5.74, 6) is -0.488. The van der Waals surface area contributed by atoms with Crippen LogP contribution in [0.5, 0.6) is 0 Å². The Kier molecular flexibility index (Phi) is 3.82. The van der Waals surface area contributed by atoms with Gasteiger partial charge in [0, 0.05) is 10.0 Å². The van der Waals surface area contributed by atoms with Crippen LogP contribution in [0.4, 0.5) is 4.39 Å². The first-order valence-electron chi connectivity index (χ1n) is 4.97. The second kappa shape index (κ2) is 5.17. The number of aliphatic hydroxyl groups excluding tert-OH is 1. The van der Waals surface area contributed by atoms with Crippen LogP contribution in [-0.4, -0.2) is 5.11 Å². The molecule has 0 aliphatic rings. The molecule has 0 heterocycles. The average Bonchev–Trinajstić information content (AvgIpc) is 2.34. The molecular weight excluding hydrogens is 306 g/mol. The molecular formula is C13H9BrClFO. The number of aliphatic hydroxyl groups is 1. The van der Waals surface area contributed by atoms with Crippen molar-refractivity contribution in [2.75, 3.05) is 0 Å². The van der Waals surface area contributed by atoms with Crippen molar-refractivity contribution < 1.29 is 9.50 Å². The summed E-state index contributed by atoms with van der Waals surface area (Å²) in [6, 6.07) is 11.6. The number of benzene rings is 2. The molecule has 0 bridgehead atoms. The lowest BCUT2D eigenvalue weighted by Crippen LogP contribution is -2.02. The predicted octanol–water partition coefficient (Wildman–Crippen LogP) is 4.32. The van der Waals surface area contributed by atoms with Gasteiger partial charge in [-0.3, -0.25) is 0 Å². The van der Waals surface area contributed by atoms with Crippen LogP contribution < -0.4 is 0 Å². The van der Waals surface area contributed by atoms with Crippen LogP contribution in [0, 0.1) is 5.82 Å². The van der Waals surface area contributed by atoms with Gasteiger partial charge in [0.25, 0.3) is 0 Å². The summed E-state index contributed by atoms with van der Waals surface area (Å²) in [7, 11) is 0. The van der Waals surface area contributed by atoms with Crippen molar-refractivity contribution in [3.63, 3.8) is 0 Å². The molecule has 0 saturated carbocycles. The summed E-state index contributed by atoms with van der Waals surface area (Å²) in [5, 5.41) is 10.4. The van der Waals surface area contributed by atoms with Crippen LogP contribution in [-0.2, 0) is 0 Å². The molecule has 0 aromatic heterocycles. The topological polar surface area (TPSA) is 20.2 Å². The van der Waals surface area contributed by atoms with Gasteiger partial charge in [0.15, 0.2) is 0 Å². The highest BCUT2D eigenvalue weighted by Gasteiger charge is 2.16. The second-order valence-corrected chi connectivity index (χ2v) is 4.86. The fourth-order valence-electron chi connectivity index (χ4n) is 1.56. The molecule has 1 N–H and O–H groups in total. The van der Waals surface area contributed by atoms with Crippen molar-refractivity contribution in [2.24, 2.45) is 0 Å². The average molecular weight is 316 g/mol. The van der Waals surface area contributed by atoms with E-state index >= 15 is 0 Å². The van der Waals surface area contributed by atoms with Crippen molar-refractivity contribution in [1.82, 2.24) is 0 Å². The van der Waals surface area contributed by atoms with E-state index in [2.05, 4.69) is 15.9 Å². The molecule has 0 fully saturated rings. The Bertz CT molecular complexity index is 530. The van der Waals surface area contributed by atoms with Gasteiger partial charge in [0.2, 0.25) is 0 Å². The maximum atomic E-state index is 13.7. The van der Waals surface area contributed by atoms with E-state index in [1.807, 2.05) is 6.07 Å². The molecule has 2 aromatic carbocycles. The fourth-order valence-corrected chi connectivity index (χ4v) is 2.05. The molecule has 0 amide bonds. The lowest BCUT2D eigenvalue weighted by atomic mass is 10.0. The Hall–Kier alpha value is -0.900. The molecule has 0 saturated heterocycles. The summed E-state index contributed by atoms with van der Waals surface area (Å²) in [6.45, 7) is 0. The normalized spacial score (nSPS) is 12.5. The van der Waals surface area contributed by atoms with Crippen LogP contribution in [0.1, 0.15) is 17.2 Å². The van der Waals surface area contributed by atoms with Gasteiger partial charge in [-0.25, -0.2) is 4.39 Å². The zero-order valence-electron chi connectivity index (χ0n) is 8.70. The molecule has 0 aliphatic heterocycles. The van der Waals surface area contributed by atoms with Gasteiger partial charge in [0.1, 0.15) is 11.9 Å². The highest BCUT2D eigenvalue weighted by molar-refractivity contribution is 9.10. The lowest BCUT2D eigenvalue weighted by Gasteiger charge is -2.13. The Morgan fingerprint density at radius 3 is 2.47 bits per heavy atom. The van der Waals surface area contributed by atoms with Gasteiger partial charge in [-0.05, 0) is 33.6 Å². The number of hydrogen-bond acceptors (Lipinski definition) is 1. The van der Waals surface area contributed by atoms with E-state index in [1.54, 1.807) is 24.3 Å². The van der Waals surface area contributed by atoms with Gasteiger partial charge in [-0.15, -0.1) is 0 Å². The van der Waals surface area contributed by atoms with Gasteiger partial charge in [-0.1, -0.05) is 41.9 Å². The highest BCUT2D eigenvalue weighted by Crippen LogP contribution is 2.31. The number of halogens is 3. The van der Waals surface area contributed by atoms with Gasteiger partial charge < -0.3 is 5.11 Å². The lowest BCUT2D eigenvalue weighted by molar-refractivity contribution is 0.215. The number of rotatable bonds is 2. The molecule has 2 rings (SSSR count). The monoisotopic (exact) mass is 314 g/mol. The van der Waals surface area contributed by atoms with Crippen molar-refractivity contribution >= 4 is 27.5 Å². The molecule has 4 heteroatoms. The Morgan fingerprint density at radius 1 is 1.18 bits per heavy atom. The minimum Gasteiger partial charge on any atom is -0.384 e. The van der Waals surface area contributed by atoms with E-state index in [9.17, 15) is 9.50 Å². The van der Waals surface area contributed by atoms with Crippen LogP contribution in [0.2, 0.25) is 5.02 Å². The van der Waals surface area contributed by atoms with Crippen molar-refractivity contribution in [2.45, 2.75) is 6.10 Å². The van der Waals surface area contributed by atoms with E-state index in [1.165, 1.54) is 12.1 Å². The molecule has 88 valence electrons. The molecule has 1 nitrogen and oxygen atoms in total. The zero-order chi connectivity index (χ0) is 12.4. The van der Waals surface area contributed by atoms with Crippen LogP contribution >= 0.6 is 27.5 Å². The standard InChI is InChI=1S/C13H9BrClFO/c14-10-7-12(16)9(6-11(10)15)13(17)8-4-2-1-3-5-8/h1-7,13,17H. The second-order valence-electron chi connectivity index (χ2n) is 3.60. The first-order valence-corrected chi connectivity index (χ1v) is 6.14. The minimum absolute atomic E-state index is 0.171. The molecule has 0 radical (unpaired) electrons. The molecule has 17 heavy (non-hydrogen) atoms. The van der Waals surface area contributed by atoms with E-state index in [4.69, 9.17) is 11.6 Å². The van der Waals surface area contributed by atoms with Crippen molar-refractivity contribution in [3.8, 4) is 0 Å². The SMILES string of the molecule is OC(c1ccccc1)c1cc(Cl)c(Br)cc1F. The minimum atomic E-state index is -1.01. The highest BCUT2D eigenvalue weighted by atomic mass is 79.9. The molecule has 0 aliphatic carbocycles. The third-order valence-electron chi connectivity index (χ3n) is 2.45. The van der Waals surface area contributed by atoms with Gasteiger partial charge >= 0.3 is 0 Å². The van der Waals surface area contributed by atoms with E-state index in [0.29, 0.717) is 15.1 Å².